The van der Waals surface area contributed by atoms with Gasteiger partial charge in [-0.2, -0.15) is 0 Å². The Labute approximate surface area is 116 Å². The highest BCUT2D eigenvalue weighted by molar-refractivity contribution is 6.34. The third kappa shape index (κ3) is 2.80. The topological polar surface area (TPSA) is 67.8 Å². The van der Waals surface area contributed by atoms with E-state index in [1.165, 1.54) is 0 Å². The number of ether oxygens (including phenoxy) is 1. The molecule has 0 aliphatic rings. The molecule has 5 heteroatoms. The Bertz CT molecular complexity index is 627. The quantitative estimate of drug-likeness (QED) is 0.390. The first-order chi connectivity index (χ1) is 9.13. The summed E-state index contributed by atoms with van der Waals surface area (Å²) < 4.78 is 5.79. The van der Waals surface area contributed by atoms with Crippen LogP contribution in [0.15, 0.2) is 47.6 Å². The number of aryl methyl sites for hydroxylation is 1. The lowest BCUT2D eigenvalue weighted by molar-refractivity contribution is 0.318. The van der Waals surface area contributed by atoms with Gasteiger partial charge < -0.3 is 15.7 Å². The van der Waals surface area contributed by atoms with E-state index < -0.39 is 0 Å². The van der Waals surface area contributed by atoms with E-state index in [1.807, 2.05) is 31.2 Å². The monoisotopic (exact) mass is 276 g/mol. The van der Waals surface area contributed by atoms with Crippen molar-refractivity contribution in [3.05, 3.63) is 58.6 Å². The molecule has 0 aliphatic carbocycles. The molecule has 19 heavy (non-hydrogen) atoms. The Balaban J connectivity index is 2.47. The van der Waals surface area contributed by atoms with Crippen LogP contribution in [0.2, 0.25) is 5.02 Å². The summed E-state index contributed by atoms with van der Waals surface area (Å²) >= 11 is 6.06. The van der Waals surface area contributed by atoms with Gasteiger partial charge in [-0.3, -0.25) is 0 Å². The van der Waals surface area contributed by atoms with Crippen molar-refractivity contribution in [1.82, 2.24) is 0 Å². The van der Waals surface area contributed by atoms with Crippen molar-refractivity contribution in [2.75, 3.05) is 0 Å². The number of hydrogen-bond donors (Lipinski definition) is 2. The van der Waals surface area contributed by atoms with E-state index >= 15 is 0 Å². The van der Waals surface area contributed by atoms with Crippen molar-refractivity contribution >= 4 is 17.4 Å². The summed E-state index contributed by atoms with van der Waals surface area (Å²) in [5.74, 6) is 1.04. The van der Waals surface area contributed by atoms with Crippen LogP contribution < -0.4 is 10.5 Å². The number of rotatable bonds is 3. The molecule has 4 nitrogen and oxygen atoms in total. The summed E-state index contributed by atoms with van der Waals surface area (Å²) in [6.07, 6.45) is 0. The van der Waals surface area contributed by atoms with Crippen LogP contribution >= 0.6 is 11.6 Å². The molecule has 0 unspecified atom stereocenters. The Hall–Kier alpha value is -2.20. The zero-order chi connectivity index (χ0) is 13.8. The van der Waals surface area contributed by atoms with Gasteiger partial charge in [0.05, 0.1) is 10.6 Å². The fourth-order valence-electron chi connectivity index (χ4n) is 1.68. The number of hydrogen-bond acceptors (Lipinski definition) is 3. The van der Waals surface area contributed by atoms with Crippen molar-refractivity contribution in [2.45, 2.75) is 6.92 Å². The average Bonchev–Trinajstić information content (AvgIpc) is 2.41. The lowest BCUT2D eigenvalue weighted by atomic mass is 10.1. The Morgan fingerprint density at radius 3 is 2.53 bits per heavy atom. The number of benzene rings is 2. The van der Waals surface area contributed by atoms with Crippen LogP contribution in [0.5, 0.6) is 11.5 Å². The largest absolute Gasteiger partial charge is 0.456 e. The van der Waals surface area contributed by atoms with E-state index in [-0.39, 0.29) is 5.84 Å². The first-order valence-electron chi connectivity index (χ1n) is 5.63. The summed E-state index contributed by atoms with van der Waals surface area (Å²) in [7, 11) is 0. The molecule has 0 radical (unpaired) electrons. The van der Waals surface area contributed by atoms with Gasteiger partial charge in [0.1, 0.15) is 11.5 Å². The van der Waals surface area contributed by atoms with Gasteiger partial charge in [-0.1, -0.05) is 41.0 Å². The second-order valence-electron chi connectivity index (χ2n) is 3.97. The van der Waals surface area contributed by atoms with Crippen molar-refractivity contribution < 1.29 is 9.94 Å². The van der Waals surface area contributed by atoms with E-state index in [1.54, 1.807) is 18.2 Å². The predicted octanol–water partition coefficient (Wildman–Crippen LogP) is 3.54. The highest BCUT2D eigenvalue weighted by atomic mass is 35.5. The SMILES string of the molecule is Cc1ccccc1Oc1cccc(Cl)c1C(N)=NO. The zero-order valence-corrected chi connectivity index (χ0v) is 11.1. The number of amidine groups is 1. The minimum atomic E-state index is -0.0887. The molecule has 98 valence electrons. The minimum Gasteiger partial charge on any atom is -0.456 e. The number of para-hydroxylation sites is 1. The molecular weight excluding hydrogens is 264 g/mol. The van der Waals surface area contributed by atoms with E-state index in [0.29, 0.717) is 22.1 Å². The van der Waals surface area contributed by atoms with E-state index in [2.05, 4.69) is 5.16 Å². The molecule has 0 bridgehead atoms. The third-order valence-corrected chi connectivity index (χ3v) is 2.97. The van der Waals surface area contributed by atoms with Gasteiger partial charge in [0, 0.05) is 0 Å². The molecule has 0 atom stereocenters. The molecule has 2 aromatic carbocycles. The second kappa shape index (κ2) is 5.63. The fraction of sp³-hybridized carbons (Fsp3) is 0.0714. The lowest BCUT2D eigenvalue weighted by Crippen LogP contribution is -2.15. The first kappa shape index (κ1) is 13.2. The molecule has 0 fully saturated rings. The van der Waals surface area contributed by atoms with E-state index in [0.717, 1.165) is 5.56 Å². The minimum absolute atomic E-state index is 0.0887. The van der Waals surface area contributed by atoms with Crippen molar-refractivity contribution in [1.29, 1.82) is 0 Å². The van der Waals surface area contributed by atoms with Crippen LogP contribution in [0.1, 0.15) is 11.1 Å². The van der Waals surface area contributed by atoms with Crippen LogP contribution in [-0.2, 0) is 0 Å². The summed E-state index contributed by atoms with van der Waals surface area (Å²) in [5.41, 5.74) is 6.97. The predicted molar refractivity (Wildman–Crippen MR) is 75.2 cm³/mol. The summed E-state index contributed by atoms with van der Waals surface area (Å²) in [4.78, 5) is 0. The maximum Gasteiger partial charge on any atom is 0.175 e. The maximum absolute atomic E-state index is 8.81. The molecule has 0 saturated heterocycles. The van der Waals surface area contributed by atoms with Crippen LogP contribution in [0, 0.1) is 6.92 Å². The molecule has 2 aromatic rings. The molecule has 0 aromatic heterocycles. The third-order valence-electron chi connectivity index (χ3n) is 2.65. The standard InChI is InChI=1S/C14H13ClN2O2/c1-9-5-2-3-7-11(9)19-12-8-4-6-10(15)13(12)14(16)17-18/h2-8,18H,1H3,(H2,16,17). The number of halogens is 1. The van der Waals surface area contributed by atoms with Crippen LogP contribution in [-0.4, -0.2) is 11.0 Å². The van der Waals surface area contributed by atoms with Crippen molar-refractivity contribution in [3.8, 4) is 11.5 Å². The molecule has 0 spiro atoms. The molecular formula is C14H13ClN2O2. The van der Waals surface area contributed by atoms with Crippen molar-refractivity contribution in [3.63, 3.8) is 0 Å². The smallest absolute Gasteiger partial charge is 0.175 e. The summed E-state index contributed by atoms with van der Waals surface area (Å²) in [6.45, 7) is 1.93. The fourth-order valence-corrected chi connectivity index (χ4v) is 1.94. The van der Waals surface area contributed by atoms with Gasteiger partial charge in [-0.05, 0) is 30.7 Å². The van der Waals surface area contributed by atoms with Gasteiger partial charge >= 0.3 is 0 Å². The van der Waals surface area contributed by atoms with Gasteiger partial charge in [-0.15, -0.1) is 0 Å². The Morgan fingerprint density at radius 2 is 1.84 bits per heavy atom. The van der Waals surface area contributed by atoms with E-state index in [4.69, 9.17) is 27.3 Å². The first-order valence-corrected chi connectivity index (χ1v) is 6.01. The Morgan fingerprint density at radius 1 is 1.16 bits per heavy atom. The maximum atomic E-state index is 8.81. The number of nitrogens with two attached hydrogens (primary N) is 1. The number of oxime groups is 1. The molecule has 3 N–H and O–H groups in total. The van der Waals surface area contributed by atoms with Gasteiger partial charge in [0.15, 0.2) is 5.84 Å². The van der Waals surface area contributed by atoms with Crippen LogP contribution in [0.3, 0.4) is 0 Å². The van der Waals surface area contributed by atoms with E-state index in [9.17, 15) is 0 Å². The van der Waals surface area contributed by atoms with Gasteiger partial charge in [-0.25, -0.2) is 0 Å². The molecule has 0 aliphatic heterocycles. The lowest BCUT2D eigenvalue weighted by Gasteiger charge is -2.13. The molecule has 2 rings (SSSR count). The summed E-state index contributed by atoms with van der Waals surface area (Å²) in [6, 6.07) is 12.7. The van der Waals surface area contributed by atoms with Crippen molar-refractivity contribution in [2.24, 2.45) is 10.9 Å². The Kier molecular flexibility index (Phi) is 3.92. The van der Waals surface area contributed by atoms with Crippen LogP contribution in [0.4, 0.5) is 0 Å². The highest BCUT2D eigenvalue weighted by Gasteiger charge is 2.14. The zero-order valence-electron chi connectivity index (χ0n) is 10.3. The molecule has 0 amide bonds. The second-order valence-corrected chi connectivity index (χ2v) is 4.37. The normalized spacial score (nSPS) is 11.4. The molecule has 0 saturated carbocycles. The van der Waals surface area contributed by atoms with Crippen LogP contribution in [0.25, 0.3) is 0 Å². The summed E-state index contributed by atoms with van der Waals surface area (Å²) in [5, 5.41) is 12.1. The average molecular weight is 277 g/mol. The molecule has 0 heterocycles. The number of nitrogens with zero attached hydrogens (tertiary/aromatic N) is 1. The highest BCUT2D eigenvalue weighted by Crippen LogP contribution is 2.31. The van der Waals surface area contributed by atoms with Gasteiger partial charge in [0.2, 0.25) is 0 Å². The van der Waals surface area contributed by atoms with Gasteiger partial charge in [0.25, 0.3) is 0 Å².